The fourth-order valence-corrected chi connectivity index (χ4v) is 2.87. The molecule has 0 aromatic carbocycles. The number of likely N-dealkylation sites (N-methyl/N-ethyl adjacent to an activating group) is 1. The fraction of sp³-hybridized carbons (Fsp3) is 0.700. The summed E-state index contributed by atoms with van der Waals surface area (Å²) in [5.41, 5.74) is 0. The molecule has 0 aliphatic carbocycles. The molecule has 18 heavy (non-hydrogen) atoms. The Balaban J connectivity index is 2.50. The van der Waals surface area contributed by atoms with Gasteiger partial charge in [-0.3, -0.25) is 4.79 Å². The Bertz CT molecular complexity index is 373. The van der Waals surface area contributed by atoms with E-state index in [4.69, 9.17) is 9.84 Å². The summed E-state index contributed by atoms with van der Waals surface area (Å²) >= 11 is 2.61. The Labute approximate surface area is 114 Å². The standard InChI is InChI=1S/C10H17N3O3S2/c1-3-13(5-6-16-4-2)9-11-12-10(18-9)17-7-8(14)15/h3-7H2,1-2H3,(H,14,15). The maximum absolute atomic E-state index is 10.5. The van der Waals surface area contributed by atoms with Crippen molar-refractivity contribution >= 4 is 34.2 Å². The van der Waals surface area contributed by atoms with Crippen molar-refractivity contribution < 1.29 is 14.6 Å². The van der Waals surface area contributed by atoms with Gasteiger partial charge in [-0.1, -0.05) is 23.1 Å². The van der Waals surface area contributed by atoms with Gasteiger partial charge in [-0.25, -0.2) is 0 Å². The number of ether oxygens (including phenoxy) is 1. The Kier molecular flexibility index (Phi) is 6.99. The molecule has 0 radical (unpaired) electrons. The summed E-state index contributed by atoms with van der Waals surface area (Å²) in [5, 5.41) is 17.4. The molecule has 1 N–H and O–H groups in total. The summed E-state index contributed by atoms with van der Waals surface area (Å²) in [6, 6.07) is 0. The monoisotopic (exact) mass is 291 g/mol. The van der Waals surface area contributed by atoms with Gasteiger partial charge < -0.3 is 14.7 Å². The molecule has 0 atom stereocenters. The zero-order valence-corrected chi connectivity index (χ0v) is 12.1. The van der Waals surface area contributed by atoms with Crippen LogP contribution >= 0.6 is 23.1 Å². The molecule has 1 heterocycles. The van der Waals surface area contributed by atoms with Crippen molar-refractivity contribution in [2.24, 2.45) is 0 Å². The summed E-state index contributed by atoms with van der Waals surface area (Å²) in [6.07, 6.45) is 0. The predicted octanol–water partition coefficient (Wildman–Crippen LogP) is 1.58. The lowest BCUT2D eigenvalue weighted by molar-refractivity contribution is -0.133. The highest BCUT2D eigenvalue weighted by Crippen LogP contribution is 2.27. The summed E-state index contributed by atoms with van der Waals surface area (Å²) < 4.78 is 5.99. The molecule has 1 rings (SSSR count). The highest BCUT2D eigenvalue weighted by Gasteiger charge is 2.12. The second kappa shape index (κ2) is 8.28. The van der Waals surface area contributed by atoms with Crippen molar-refractivity contribution in [2.45, 2.75) is 18.2 Å². The molecule has 6 nitrogen and oxygen atoms in total. The van der Waals surface area contributed by atoms with Gasteiger partial charge in [0.05, 0.1) is 12.4 Å². The minimum Gasteiger partial charge on any atom is -0.481 e. The van der Waals surface area contributed by atoms with E-state index in [9.17, 15) is 4.79 Å². The predicted molar refractivity (Wildman–Crippen MR) is 72.6 cm³/mol. The van der Waals surface area contributed by atoms with Crippen LogP contribution in [0.2, 0.25) is 0 Å². The number of anilines is 1. The van der Waals surface area contributed by atoms with Gasteiger partial charge in [-0.05, 0) is 13.8 Å². The number of thioether (sulfide) groups is 1. The number of aliphatic carboxylic acids is 1. The van der Waals surface area contributed by atoms with Crippen molar-refractivity contribution in [1.29, 1.82) is 0 Å². The Morgan fingerprint density at radius 3 is 2.89 bits per heavy atom. The number of aromatic nitrogens is 2. The van der Waals surface area contributed by atoms with Crippen LogP contribution in [0.1, 0.15) is 13.8 Å². The minimum absolute atomic E-state index is 0.0136. The van der Waals surface area contributed by atoms with Crippen LogP contribution in [0.5, 0.6) is 0 Å². The van der Waals surface area contributed by atoms with Gasteiger partial charge in [0.15, 0.2) is 4.34 Å². The van der Waals surface area contributed by atoms with Crippen molar-refractivity contribution in [1.82, 2.24) is 10.2 Å². The molecular weight excluding hydrogens is 274 g/mol. The average molecular weight is 291 g/mol. The number of carboxylic acids is 1. The van der Waals surface area contributed by atoms with E-state index < -0.39 is 5.97 Å². The molecule has 0 spiro atoms. The number of nitrogens with zero attached hydrogens (tertiary/aromatic N) is 3. The minimum atomic E-state index is -0.847. The van der Waals surface area contributed by atoms with Crippen molar-refractivity contribution in [3.63, 3.8) is 0 Å². The largest absolute Gasteiger partial charge is 0.481 e. The van der Waals surface area contributed by atoms with E-state index in [0.717, 1.165) is 18.2 Å². The van der Waals surface area contributed by atoms with Crippen molar-refractivity contribution in [2.75, 3.05) is 37.0 Å². The first-order valence-electron chi connectivity index (χ1n) is 5.68. The molecule has 0 saturated carbocycles. The van der Waals surface area contributed by atoms with Crippen molar-refractivity contribution in [3.05, 3.63) is 0 Å². The van der Waals surface area contributed by atoms with Crippen LogP contribution < -0.4 is 4.90 Å². The zero-order valence-electron chi connectivity index (χ0n) is 10.5. The van der Waals surface area contributed by atoms with Gasteiger partial charge in [-0.2, -0.15) is 0 Å². The summed E-state index contributed by atoms with van der Waals surface area (Å²) in [4.78, 5) is 12.5. The molecule has 1 aromatic rings. The van der Waals surface area contributed by atoms with Gasteiger partial charge in [0.25, 0.3) is 0 Å². The molecule has 0 amide bonds. The van der Waals surface area contributed by atoms with Gasteiger partial charge in [0.2, 0.25) is 5.13 Å². The average Bonchev–Trinajstić information content (AvgIpc) is 2.81. The second-order valence-corrected chi connectivity index (χ2v) is 5.49. The number of hydrogen-bond acceptors (Lipinski definition) is 7. The second-order valence-electron chi connectivity index (χ2n) is 3.31. The van der Waals surface area contributed by atoms with Crippen LogP contribution in [0.3, 0.4) is 0 Å². The quantitative estimate of drug-likeness (QED) is 0.547. The molecule has 1 aromatic heterocycles. The molecule has 102 valence electrons. The summed E-state index contributed by atoms with van der Waals surface area (Å²) in [5.74, 6) is -0.833. The van der Waals surface area contributed by atoms with E-state index in [1.165, 1.54) is 23.1 Å². The maximum atomic E-state index is 10.5. The lowest BCUT2D eigenvalue weighted by atomic mass is 10.5. The van der Waals surface area contributed by atoms with Crippen LogP contribution in [0.15, 0.2) is 4.34 Å². The molecule has 0 aliphatic rings. The first kappa shape index (κ1) is 15.2. The molecule has 8 heteroatoms. The van der Waals surface area contributed by atoms with Crippen LogP contribution in [0.4, 0.5) is 5.13 Å². The number of hydrogen-bond donors (Lipinski definition) is 1. The van der Waals surface area contributed by atoms with E-state index in [0.29, 0.717) is 17.6 Å². The third-order valence-electron chi connectivity index (χ3n) is 2.08. The Morgan fingerprint density at radius 2 is 2.28 bits per heavy atom. The van der Waals surface area contributed by atoms with E-state index in [-0.39, 0.29) is 5.75 Å². The molecular formula is C10H17N3O3S2. The van der Waals surface area contributed by atoms with Crippen LogP contribution in [0.25, 0.3) is 0 Å². The van der Waals surface area contributed by atoms with E-state index in [1.54, 1.807) is 0 Å². The normalized spacial score (nSPS) is 10.6. The lowest BCUT2D eigenvalue weighted by Gasteiger charge is -2.18. The molecule has 0 unspecified atom stereocenters. The van der Waals surface area contributed by atoms with E-state index in [2.05, 4.69) is 15.1 Å². The van der Waals surface area contributed by atoms with Gasteiger partial charge >= 0.3 is 5.97 Å². The van der Waals surface area contributed by atoms with Gasteiger partial charge in [-0.15, -0.1) is 10.2 Å². The van der Waals surface area contributed by atoms with Crippen LogP contribution in [-0.2, 0) is 9.53 Å². The number of carbonyl (C=O) groups is 1. The van der Waals surface area contributed by atoms with Crippen LogP contribution in [0, 0.1) is 0 Å². The highest BCUT2D eigenvalue weighted by atomic mass is 32.2. The summed E-state index contributed by atoms with van der Waals surface area (Å²) in [6.45, 7) is 6.95. The fourth-order valence-electron chi connectivity index (χ4n) is 1.22. The van der Waals surface area contributed by atoms with Gasteiger partial charge in [0.1, 0.15) is 0 Å². The highest BCUT2D eigenvalue weighted by molar-refractivity contribution is 8.01. The third kappa shape index (κ3) is 5.19. The zero-order chi connectivity index (χ0) is 13.4. The lowest BCUT2D eigenvalue weighted by Crippen LogP contribution is -2.27. The van der Waals surface area contributed by atoms with E-state index >= 15 is 0 Å². The van der Waals surface area contributed by atoms with Crippen molar-refractivity contribution in [3.8, 4) is 0 Å². The van der Waals surface area contributed by atoms with Gasteiger partial charge in [0, 0.05) is 19.7 Å². The van der Waals surface area contributed by atoms with E-state index in [1.807, 2.05) is 13.8 Å². The number of carboxylic acid groups (broad SMARTS) is 1. The molecule has 0 fully saturated rings. The SMILES string of the molecule is CCOCCN(CC)c1nnc(SCC(=O)O)s1. The smallest absolute Gasteiger partial charge is 0.313 e. The first-order chi connectivity index (χ1) is 8.67. The Hall–Kier alpha value is -0.860. The van der Waals surface area contributed by atoms with Crippen LogP contribution in [-0.4, -0.2) is 53.3 Å². The first-order valence-corrected chi connectivity index (χ1v) is 7.48. The number of rotatable bonds is 9. The topological polar surface area (TPSA) is 75.5 Å². The third-order valence-corrected chi connectivity index (χ3v) is 4.18. The molecule has 0 saturated heterocycles. The molecule has 0 bridgehead atoms. The molecule has 0 aliphatic heterocycles. The summed E-state index contributed by atoms with van der Waals surface area (Å²) in [7, 11) is 0. The maximum Gasteiger partial charge on any atom is 0.313 e. The Morgan fingerprint density at radius 1 is 1.50 bits per heavy atom.